The fraction of sp³-hybridized carbons (Fsp3) is 0.579. The normalized spacial score (nSPS) is 25.5. The van der Waals surface area contributed by atoms with Gasteiger partial charge in [-0.2, -0.15) is 0 Å². The number of aryl methyl sites for hydroxylation is 1. The van der Waals surface area contributed by atoms with Crippen molar-refractivity contribution in [2.24, 2.45) is 11.8 Å². The third-order valence-electron chi connectivity index (χ3n) is 5.20. The predicted molar refractivity (Wildman–Crippen MR) is 89.5 cm³/mol. The van der Waals surface area contributed by atoms with E-state index in [1.165, 1.54) is 5.56 Å². The van der Waals surface area contributed by atoms with Crippen molar-refractivity contribution in [1.29, 1.82) is 0 Å². The van der Waals surface area contributed by atoms with Crippen molar-refractivity contribution in [3.05, 3.63) is 35.4 Å². The van der Waals surface area contributed by atoms with Crippen molar-refractivity contribution < 1.29 is 19.4 Å². The highest BCUT2D eigenvalue weighted by Gasteiger charge is 2.37. The average Bonchev–Trinajstić information content (AvgIpc) is 2.62. The second-order valence-electron chi connectivity index (χ2n) is 6.89. The second-order valence-corrected chi connectivity index (χ2v) is 6.89. The topological polar surface area (TPSA) is 66.8 Å². The number of piperidine rings is 1. The van der Waals surface area contributed by atoms with Crippen molar-refractivity contribution in [1.82, 2.24) is 4.90 Å². The Morgan fingerprint density at radius 3 is 2.42 bits per heavy atom. The number of benzene rings is 1. The molecule has 1 N–H and O–H groups in total. The van der Waals surface area contributed by atoms with Crippen LogP contribution in [0.4, 0.5) is 0 Å². The Kier molecular flexibility index (Phi) is 5.19. The molecule has 0 aromatic heterocycles. The first-order valence-electron chi connectivity index (χ1n) is 8.76. The molecule has 1 aromatic rings. The molecule has 0 bridgehead atoms. The highest BCUT2D eigenvalue weighted by Crippen LogP contribution is 2.35. The minimum Gasteiger partial charge on any atom is -0.481 e. The fourth-order valence-corrected chi connectivity index (χ4v) is 3.70. The molecule has 2 aliphatic rings. The molecular weight excluding hydrogens is 306 g/mol. The van der Waals surface area contributed by atoms with Crippen molar-refractivity contribution in [2.45, 2.75) is 38.7 Å². The number of ether oxygens (including phenoxy) is 1. The van der Waals surface area contributed by atoms with Gasteiger partial charge in [0.2, 0.25) is 5.91 Å². The van der Waals surface area contributed by atoms with E-state index in [0.29, 0.717) is 32.5 Å². The zero-order chi connectivity index (χ0) is 17.1. The van der Waals surface area contributed by atoms with E-state index in [2.05, 4.69) is 0 Å². The van der Waals surface area contributed by atoms with Crippen molar-refractivity contribution in [3.8, 4) is 0 Å². The highest BCUT2D eigenvalue weighted by atomic mass is 16.5. The van der Waals surface area contributed by atoms with Crippen LogP contribution in [0, 0.1) is 18.8 Å². The maximum Gasteiger partial charge on any atom is 0.306 e. The minimum absolute atomic E-state index is 0.115. The van der Waals surface area contributed by atoms with E-state index in [0.717, 1.165) is 18.4 Å². The smallest absolute Gasteiger partial charge is 0.306 e. The van der Waals surface area contributed by atoms with Crippen LogP contribution >= 0.6 is 0 Å². The maximum absolute atomic E-state index is 13.0. The molecule has 2 saturated heterocycles. The van der Waals surface area contributed by atoms with Crippen LogP contribution in [0.3, 0.4) is 0 Å². The summed E-state index contributed by atoms with van der Waals surface area (Å²) in [7, 11) is 0. The van der Waals surface area contributed by atoms with Crippen molar-refractivity contribution >= 4 is 11.9 Å². The van der Waals surface area contributed by atoms with Crippen LogP contribution in [0.2, 0.25) is 0 Å². The molecule has 0 spiro atoms. The molecule has 0 aliphatic carbocycles. The Bertz CT molecular complexity index is 590. The molecule has 0 unspecified atom stereocenters. The van der Waals surface area contributed by atoms with Gasteiger partial charge in [-0.1, -0.05) is 29.8 Å². The fourth-order valence-electron chi connectivity index (χ4n) is 3.70. The Hall–Kier alpha value is -1.88. The molecule has 3 rings (SSSR count). The lowest BCUT2D eigenvalue weighted by molar-refractivity contribution is -0.151. The molecule has 2 heterocycles. The van der Waals surface area contributed by atoms with Crippen LogP contribution in [0.15, 0.2) is 24.3 Å². The standard InChI is InChI=1S/C19H25NO4/c1-13-4-6-14(7-5-13)17-16(3-2-12-24-17)18(21)20-10-8-15(9-11-20)19(22)23/h4-7,15-17H,2-3,8-12H2,1H3,(H,22,23)/t16-,17-/m0/s1. The summed E-state index contributed by atoms with van der Waals surface area (Å²) in [6.45, 7) is 3.80. The molecule has 5 nitrogen and oxygen atoms in total. The van der Waals surface area contributed by atoms with Gasteiger partial charge in [0.1, 0.15) is 0 Å². The number of aliphatic carboxylic acids is 1. The number of nitrogens with zero attached hydrogens (tertiary/aromatic N) is 1. The third kappa shape index (κ3) is 3.61. The summed E-state index contributed by atoms with van der Waals surface area (Å²) in [4.78, 5) is 25.9. The Labute approximate surface area is 142 Å². The molecule has 2 aliphatic heterocycles. The molecular formula is C19H25NO4. The SMILES string of the molecule is Cc1ccc([C@@H]2OCCC[C@@H]2C(=O)N2CCC(C(=O)O)CC2)cc1. The van der Waals surface area contributed by atoms with Crippen molar-refractivity contribution in [3.63, 3.8) is 0 Å². The van der Waals surface area contributed by atoms with Gasteiger partial charge in [0, 0.05) is 19.7 Å². The number of carboxylic acid groups (broad SMARTS) is 1. The number of likely N-dealkylation sites (tertiary alicyclic amines) is 1. The number of carbonyl (C=O) groups excluding carboxylic acids is 1. The molecule has 0 radical (unpaired) electrons. The molecule has 2 atom stereocenters. The molecule has 2 fully saturated rings. The molecule has 1 amide bonds. The third-order valence-corrected chi connectivity index (χ3v) is 5.20. The summed E-state index contributed by atoms with van der Waals surface area (Å²) < 4.78 is 5.95. The van der Waals surface area contributed by atoms with Gasteiger partial charge in [0.05, 0.1) is 17.9 Å². The van der Waals surface area contributed by atoms with Crippen LogP contribution in [-0.4, -0.2) is 41.6 Å². The lowest BCUT2D eigenvalue weighted by Crippen LogP contribution is -2.45. The quantitative estimate of drug-likeness (QED) is 0.925. The maximum atomic E-state index is 13.0. The van der Waals surface area contributed by atoms with E-state index in [1.54, 1.807) is 0 Å². The van der Waals surface area contributed by atoms with Crippen LogP contribution in [0.1, 0.15) is 42.9 Å². The first-order chi connectivity index (χ1) is 11.6. The average molecular weight is 331 g/mol. The zero-order valence-corrected chi connectivity index (χ0v) is 14.1. The van der Waals surface area contributed by atoms with E-state index in [4.69, 9.17) is 9.84 Å². The van der Waals surface area contributed by atoms with Gasteiger partial charge in [-0.3, -0.25) is 9.59 Å². The first-order valence-corrected chi connectivity index (χ1v) is 8.76. The van der Waals surface area contributed by atoms with Crippen LogP contribution in [0.5, 0.6) is 0 Å². The lowest BCUT2D eigenvalue weighted by Gasteiger charge is -2.37. The Balaban J connectivity index is 1.70. The van der Waals surface area contributed by atoms with Crippen LogP contribution < -0.4 is 0 Å². The largest absolute Gasteiger partial charge is 0.481 e. The molecule has 24 heavy (non-hydrogen) atoms. The summed E-state index contributed by atoms with van der Waals surface area (Å²) in [5, 5.41) is 9.10. The van der Waals surface area contributed by atoms with Crippen LogP contribution in [-0.2, 0) is 14.3 Å². The highest BCUT2D eigenvalue weighted by molar-refractivity contribution is 5.80. The summed E-state index contributed by atoms with van der Waals surface area (Å²) in [5.74, 6) is -1.11. The van der Waals surface area contributed by atoms with Crippen LogP contribution in [0.25, 0.3) is 0 Å². The second kappa shape index (κ2) is 7.34. The number of rotatable bonds is 3. The first kappa shape index (κ1) is 17.0. The predicted octanol–water partition coefficient (Wildman–Crippen LogP) is 2.79. The van der Waals surface area contributed by atoms with E-state index >= 15 is 0 Å². The van der Waals surface area contributed by atoms with Gasteiger partial charge < -0.3 is 14.7 Å². The number of hydrogen-bond donors (Lipinski definition) is 1. The van der Waals surface area contributed by atoms with E-state index in [1.807, 2.05) is 36.1 Å². The van der Waals surface area contributed by atoms with Gasteiger partial charge in [-0.15, -0.1) is 0 Å². The van der Waals surface area contributed by atoms with Gasteiger partial charge in [0.25, 0.3) is 0 Å². The molecule has 1 aromatic carbocycles. The van der Waals surface area contributed by atoms with E-state index in [-0.39, 0.29) is 23.8 Å². The number of hydrogen-bond acceptors (Lipinski definition) is 3. The zero-order valence-electron chi connectivity index (χ0n) is 14.1. The van der Waals surface area contributed by atoms with Gasteiger partial charge in [-0.25, -0.2) is 0 Å². The van der Waals surface area contributed by atoms with E-state index in [9.17, 15) is 9.59 Å². The summed E-state index contributed by atoms with van der Waals surface area (Å²) in [6.07, 6.45) is 2.62. The molecule has 130 valence electrons. The summed E-state index contributed by atoms with van der Waals surface area (Å²) in [5.41, 5.74) is 2.24. The summed E-state index contributed by atoms with van der Waals surface area (Å²) in [6, 6.07) is 8.19. The number of carbonyl (C=O) groups is 2. The monoisotopic (exact) mass is 331 g/mol. The number of amides is 1. The van der Waals surface area contributed by atoms with E-state index < -0.39 is 5.97 Å². The summed E-state index contributed by atoms with van der Waals surface area (Å²) >= 11 is 0. The molecule has 0 saturated carbocycles. The minimum atomic E-state index is -0.749. The molecule has 5 heteroatoms. The Morgan fingerprint density at radius 2 is 1.79 bits per heavy atom. The number of carboxylic acids is 1. The van der Waals surface area contributed by atoms with Crippen molar-refractivity contribution in [2.75, 3.05) is 19.7 Å². The van der Waals surface area contributed by atoms with Gasteiger partial charge in [0.15, 0.2) is 0 Å². The van der Waals surface area contributed by atoms with Gasteiger partial charge >= 0.3 is 5.97 Å². The van der Waals surface area contributed by atoms with Gasteiger partial charge in [-0.05, 0) is 38.2 Å². The Morgan fingerprint density at radius 1 is 1.12 bits per heavy atom. The lowest BCUT2D eigenvalue weighted by atomic mass is 9.87.